The van der Waals surface area contributed by atoms with E-state index in [1.807, 2.05) is 23.1 Å². The Morgan fingerprint density at radius 1 is 1.12 bits per heavy atom. The molecule has 0 aromatic heterocycles. The van der Waals surface area contributed by atoms with E-state index in [1.165, 1.54) is 17.4 Å². The van der Waals surface area contributed by atoms with Crippen molar-refractivity contribution in [3.63, 3.8) is 0 Å². The number of anilines is 2. The summed E-state index contributed by atoms with van der Waals surface area (Å²) in [4.78, 5) is 28.2. The van der Waals surface area contributed by atoms with Crippen LogP contribution in [0.4, 0.5) is 11.4 Å². The van der Waals surface area contributed by atoms with Crippen LogP contribution in [0.15, 0.2) is 42.5 Å². The first kappa shape index (κ1) is 18.7. The predicted octanol–water partition coefficient (Wildman–Crippen LogP) is 4.72. The van der Waals surface area contributed by atoms with Gasteiger partial charge in [-0.2, -0.15) is 0 Å². The van der Waals surface area contributed by atoms with Gasteiger partial charge in [0.15, 0.2) is 0 Å². The maximum atomic E-state index is 12.8. The van der Waals surface area contributed by atoms with Gasteiger partial charge < -0.3 is 9.80 Å². The third kappa shape index (κ3) is 3.87. The summed E-state index contributed by atoms with van der Waals surface area (Å²) in [6.45, 7) is 2.42. The number of hydrogen-bond acceptors (Lipinski definition) is 2. The zero-order chi connectivity index (χ0) is 18.7. The molecule has 0 saturated carbocycles. The van der Waals surface area contributed by atoms with Gasteiger partial charge in [0, 0.05) is 32.1 Å². The Bertz CT molecular complexity index is 838. The molecule has 4 nitrogen and oxygen atoms in total. The lowest BCUT2D eigenvalue weighted by Crippen LogP contribution is -2.39. The Morgan fingerprint density at radius 3 is 2.65 bits per heavy atom. The molecule has 0 atom stereocenters. The zero-order valence-electron chi connectivity index (χ0n) is 14.5. The van der Waals surface area contributed by atoms with Crippen LogP contribution in [0, 0.1) is 0 Å². The molecule has 1 aliphatic rings. The highest BCUT2D eigenvalue weighted by atomic mass is 35.5. The van der Waals surface area contributed by atoms with Gasteiger partial charge in [-0.15, -0.1) is 0 Å². The molecule has 0 unspecified atom stereocenters. The molecule has 0 spiro atoms. The van der Waals surface area contributed by atoms with Crippen molar-refractivity contribution in [1.82, 2.24) is 0 Å². The van der Waals surface area contributed by atoms with E-state index in [0.29, 0.717) is 22.3 Å². The average Bonchev–Trinajstić information content (AvgIpc) is 2.64. The number of benzene rings is 2. The Hall–Kier alpha value is -2.04. The number of nitrogens with zero attached hydrogens (tertiary/aromatic N) is 2. The highest BCUT2D eigenvalue weighted by molar-refractivity contribution is 6.44. The quantitative estimate of drug-likeness (QED) is 0.757. The van der Waals surface area contributed by atoms with Crippen LogP contribution in [0.5, 0.6) is 0 Å². The van der Waals surface area contributed by atoms with Gasteiger partial charge in [0.05, 0.1) is 15.7 Å². The standard InChI is InChI=1S/C20H20Cl2N2O2/c1-14(25)23(18-10-4-8-16(21)20(18)22)13-11-19(26)24-12-5-7-15-6-2-3-9-17(15)24/h2-4,6,8-10H,5,7,11-13H2,1H3. The van der Waals surface area contributed by atoms with Gasteiger partial charge in [0.2, 0.25) is 11.8 Å². The Kier molecular flexibility index (Phi) is 5.84. The van der Waals surface area contributed by atoms with Gasteiger partial charge in [-0.25, -0.2) is 0 Å². The molecule has 1 heterocycles. The van der Waals surface area contributed by atoms with E-state index >= 15 is 0 Å². The fourth-order valence-corrected chi connectivity index (χ4v) is 3.68. The molecule has 1 aliphatic heterocycles. The number of rotatable bonds is 4. The maximum absolute atomic E-state index is 12.8. The number of aryl methyl sites for hydroxylation is 1. The van der Waals surface area contributed by atoms with Gasteiger partial charge in [0.1, 0.15) is 0 Å². The lowest BCUT2D eigenvalue weighted by molar-refractivity contribution is -0.118. The van der Waals surface area contributed by atoms with Crippen LogP contribution in [-0.2, 0) is 16.0 Å². The van der Waals surface area contributed by atoms with Crippen molar-refractivity contribution in [2.75, 3.05) is 22.9 Å². The molecule has 0 aliphatic carbocycles. The first-order valence-electron chi connectivity index (χ1n) is 8.59. The van der Waals surface area contributed by atoms with Crippen molar-refractivity contribution in [1.29, 1.82) is 0 Å². The number of amides is 2. The van der Waals surface area contributed by atoms with Crippen molar-refractivity contribution in [2.24, 2.45) is 0 Å². The molecule has 2 amide bonds. The third-order valence-electron chi connectivity index (χ3n) is 4.56. The van der Waals surface area contributed by atoms with E-state index in [9.17, 15) is 9.59 Å². The van der Waals surface area contributed by atoms with E-state index in [1.54, 1.807) is 18.2 Å². The number of halogens is 2. The van der Waals surface area contributed by atoms with E-state index in [4.69, 9.17) is 23.2 Å². The minimum absolute atomic E-state index is 0.00144. The molecule has 0 N–H and O–H groups in total. The minimum atomic E-state index is -0.180. The normalized spacial score (nSPS) is 13.3. The molecular formula is C20H20Cl2N2O2. The van der Waals surface area contributed by atoms with Gasteiger partial charge in [-0.05, 0) is 36.6 Å². The topological polar surface area (TPSA) is 40.6 Å². The van der Waals surface area contributed by atoms with E-state index in [-0.39, 0.29) is 24.8 Å². The van der Waals surface area contributed by atoms with Gasteiger partial charge >= 0.3 is 0 Å². The highest BCUT2D eigenvalue weighted by Crippen LogP contribution is 2.33. The molecular weight excluding hydrogens is 371 g/mol. The van der Waals surface area contributed by atoms with Crippen molar-refractivity contribution in [3.05, 3.63) is 58.1 Å². The summed E-state index contributed by atoms with van der Waals surface area (Å²) >= 11 is 12.3. The molecule has 0 saturated heterocycles. The second-order valence-corrected chi connectivity index (χ2v) is 7.06. The summed E-state index contributed by atoms with van der Waals surface area (Å²) in [5.74, 6) is -0.178. The lowest BCUT2D eigenvalue weighted by atomic mass is 10.0. The molecule has 6 heteroatoms. The van der Waals surface area contributed by atoms with Gasteiger partial charge in [-0.3, -0.25) is 9.59 Å². The van der Waals surface area contributed by atoms with Gasteiger partial charge in [0.25, 0.3) is 0 Å². The largest absolute Gasteiger partial charge is 0.312 e. The third-order valence-corrected chi connectivity index (χ3v) is 5.37. The van der Waals surface area contributed by atoms with Crippen molar-refractivity contribution in [2.45, 2.75) is 26.2 Å². The minimum Gasteiger partial charge on any atom is -0.312 e. The molecule has 136 valence electrons. The van der Waals surface area contributed by atoms with Crippen LogP contribution < -0.4 is 9.80 Å². The van der Waals surface area contributed by atoms with Gasteiger partial charge in [-0.1, -0.05) is 47.5 Å². The lowest BCUT2D eigenvalue weighted by Gasteiger charge is -2.30. The fourth-order valence-electron chi connectivity index (χ4n) is 3.28. The van der Waals surface area contributed by atoms with Crippen LogP contribution in [0.1, 0.15) is 25.3 Å². The average molecular weight is 391 g/mol. The van der Waals surface area contributed by atoms with Crippen LogP contribution in [0.25, 0.3) is 0 Å². The fraction of sp³-hybridized carbons (Fsp3) is 0.300. The SMILES string of the molecule is CC(=O)N(CCC(=O)N1CCCc2ccccc21)c1cccc(Cl)c1Cl. The highest BCUT2D eigenvalue weighted by Gasteiger charge is 2.24. The summed E-state index contributed by atoms with van der Waals surface area (Å²) in [5, 5.41) is 0.701. The van der Waals surface area contributed by atoms with E-state index in [2.05, 4.69) is 6.07 Å². The summed E-state index contributed by atoms with van der Waals surface area (Å²) in [6.07, 6.45) is 2.15. The number of fused-ring (bicyclic) bond motifs is 1. The van der Waals surface area contributed by atoms with Crippen LogP contribution in [-0.4, -0.2) is 24.9 Å². The maximum Gasteiger partial charge on any atom is 0.228 e. The second kappa shape index (κ2) is 8.11. The molecule has 0 radical (unpaired) electrons. The Morgan fingerprint density at radius 2 is 1.88 bits per heavy atom. The van der Waals surface area contributed by atoms with Crippen LogP contribution >= 0.6 is 23.2 Å². The molecule has 26 heavy (non-hydrogen) atoms. The smallest absolute Gasteiger partial charge is 0.228 e. The molecule has 2 aromatic carbocycles. The van der Waals surface area contributed by atoms with E-state index in [0.717, 1.165) is 18.5 Å². The van der Waals surface area contributed by atoms with Crippen molar-refractivity contribution in [3.8, 4) is 0 Å². The Balaban J connectivity index is 1.75. The first-order valence-corrected chi connectivity index (χ1v) is 9.35. The molecule has 3 rings (SSSR count). The second-order valence-electron chi connectivity index (χ2n) is 6.27. The zero-order valence-corrected chi connectivity index (χ0v) is 16.1. The van der Waals surface area contributed by atoms with Crippen LogP contribution in [0.2, 0.25) is 10.0 Å². The summed E-state index contributed by atoms with van der Waals surface area (Å²) in [5.41, 5.74) is 2.69. The number of para-hydroxylation sites is 1. The first-order chi connectivity index (χ1) is 12.5. The van der Waals surface area contributed by atoms with Crippen molar-refractivity contribution >= 4 is 46.4 Å². The molecule has 0 fully saturated rings. The van der Waals surface area contributed by atoms with Crippen molar-refractivity contribution < 1.29 is 9.59 Å². The predicted molar refractivity (Wildman–Crippen MR) is 106 cm³/mol. The molecule has 0 bridgehead atoms. The summed E-state index contributed by atoms with van der Waals surface area (Å²) < 4.78 is 0. The molecule has 2 aromatic rings. The summed E-state index contributed by atoms with van der Waals surface area (Å²) in [7, 11) is 0. The number of hydrogen-bond donors (Lipinski definition) is 0. The van der Waals surface area contributed by atoms with Crippen LogP contribution in [0.3, 0.4) is 0 Å². The monoisotopic (exact) mass is 390 g/mol. The number of carbonyl (C=O) groups excluding carboxylic acids is 2. The summed E-state index contributed by atoms with van der Waals surface area (Å²) in [6, 6.07) is 13.1. The Labute approximate surface area is 163 Å². The van der Waals surface area contributed by atoms with E-state index < -0.39 is 0 Å². The number of carbonyl (C=O) groups is 2.